The van der Waals surface area contributed by atoms with Gasteiger partial charge in [0.25, 0.3) is 0 Å². The largest absolute Gasteiger partial charge is 0.549 e. The average molecular weight is 378 g/mol. The molecule has 0 amide bonds. The fraction of sp³-hybridized carbons (Fsp3) is 0.348. The van der Waals surface area contributed by atoms with Gasteiger partial charge in [-0.2, -0.15) is 0 Å². The maximum Gasteiger partial charge on any atom is 0.164 e. The molecule has 0 radical (unpaired) electrons. The molecule has 28 heavy (non-hydrogen) atoms. The van der Waals surface area contributed by atoms with E-state index < -0.39 is 41.0 Å². The van der Waals surface area contributed by atoms with Crippen LogP contribution in [0.15, 0.2) is 54.6 Å². The first-order valence-electron chi connectivity index (χ1n) is 9.51. The van der Waals surface area contributed by atoms with Gasteiger partial charge in [-0.1, -0.05) is 68.3 Å². The van der Waals surface area contributed by atoms with E-state index >= 15 is 0 Å². The highest BCUT2D eigenvalue weighted by Crippen LogP contribution is 2.46. The molecule has 1 atom stereocenters. The van der Waals surface area contributed by atoms with Crippen molar-refractivity contribution in [2.24, 2.45) is 11.3 Å². The van der Waals surface area contributed by atoms with Crippen LogP contribution in [0.2, 0.25) is 0 Å². The first kappa shape index (κ1) is 19.8. The Morgan fingerprint density at radius 3 is 2.25 bits per heavy atom. The Hall–Kier alpha value is -2.95. The molecule has 0 N–H and O–H groups in total. The van der Waals surface area contributed by atoms with Gasteiger partial charge in [0.15, 0.2) is 5.78 Å². The lowest BCUT2D eigenvalue weighted by Crippen LogP contribution is -2.53. The SMILES string of the molecule is C=C(C(=O)[O-])C(CC(=O)c1cccc2ccccc12)(C(=O)[O-])C1CCCCC1. The van der Waals surface area contributed by atoms with E-state index in [0.29, 0.717) is 23.8 Å². The van der Waals surface area contributed by atoms with E-state index in [4.69, 9.17) is 0 Å². The second-order valence-electron chi connectivity index (χ2n) is 7.49. The molecule has 0 spiro atoms. The normalized spacial score (nSPS) is 17.0. The molecule has 3 rings (SSSR count). The molecule has 146 valence electrons. The number of ketones is 1. The predicted molar refractivity (Wildman–Crippen MR) is 101 cm³/mol. The summed E-state index contributed by atoms with van der Waals surface area (Å²) in [7, 11) is 0. The van der Waals surface area contributed by atoms with Crippen molar-refractivity contribution in [3.05, 3.63) is 60.2 Å². The van der Waals surface area contributed by atoms with Crippen LogP contribution in [-0.4, -0.2) is 17.7 Å². The summed E-state index contributed by atoms with van der Waals surface area (Å²) >= 11 is 0. The van der Waals surface area contributed by atoms with Gasteiger partial charge in [-0.3, -0.25) is 4.79 Å². The minimum absolute atomic E-state index is 0.366. The van der Waals surface area contributed by atoms with Gasteiger partial charge >= 0.3 is 0 Å². The second kappa shape index (κ2) is 7.97. The van der Waals surface area contributed by atoms with E-state index in [9.17, 15) is 24.6 Å². The van der Waals surface area contributed by atoms with Crippen LogP contribution in [-0.2, 0) is 9.59 Å². The Morgan fingerprint density at radius 1 is 0.964 bits per heavy atom. The van der Waals surface area contributed by atoms with E-state index in [0.717, 1.165) is 24.6 Å². The molecule has 2 aromatic carbocycles. The molecule has 0 aliphatic heterocycles. The van der Waals surface area contributed by atoms with Crippen LogP contribution in [0.3, 0.4) is 0 Å². The van der Waals surface area contributed by atoms with Gasteiger partial charge in [-0.25, -0.2) is 0 Å². The van der Waals surface area contributed by atoms with Gasteiger partial charge in [0, 0.05) is 17.4 Å². The molecule has 0 bridgehead atoms. The molecule has 1 unspecified atom stereocenters. The maximum atomic E-state index is 13.2. The fourth-order valence-corrected chi connectivity index (χ4v) is 4.45. The van der Waals surface area contributed by atoms with Crippen molar-refractivity contribution >= 4 is 28.5 Å². The van der Waals surface area contributed by atoms with Gasteiger partial charge in [-0.15, -0.1) is 0 Å². The third-order valence-electron chi connectivity index (χ3n) is 5.98. The van der Waals surface area contributed by atoms with Gasteiger partial charge in [0.2, 0.25) is 0 Å². The highest BCUT2D eigenvalue weighted by atomic mass is 16.4. The van der Waals surface area contributed by atoms with Crippen LogP contribution in [0.25, 0.3) is 10.8 Å². The van der Waals surface area contributed by atoms with E-state index in [-0.39, 0.29) is 0 Å². The number of carboxylic acids is 2. The number of hydrogen-bond acceptors (Lipinski definition) is 5. The molecule has 1 saturated carbocycles. The molecule has 0 heterocycles. The zero-order chi connectivity index (χ0) is 20.3. The third kappa shape index (κ3) is 3.44. The maximum absolute atomic E-state index is 13.2. The molecule has 1 aliphatic rings. The highest BCUT2D eigenvalue weighted by molar-refractivity contribution is 6.10. The summed E-state index contributed by atoms with van der Waals surface area (Å²) in [4.78, 5) is 37.1. The number of carboxylic acid groups (broad SMARTS) is 2. The van der Waals surface area contributed by atoms with Gasteiger partial charge in [-0.05, 0) is 35.1 Å². The van der Waals surface area contributed by atoms with E-state index in [1.807, 2.05) is 18.2 Å². The molecule has 5 nitrogen and oxygen atoms in total. The van der Waals surface area contributed by atoms with Crippen LogP contribution >= 0.6 is 0 Å². The van der Waals surface area contributed by atoms with Crippen molar-refractivity contribution in [2.75, 3.05) is 0 Å². The van der Waals surface area contributed by atoms with Crippen LogP contribution in [0.5, 0.6) is 0 Å². The zero-order valence-corrected chi connectivity index (χ0v) is 15.6. The van der Waals surface area contributed by atoms with Crippen molar-refractivity contribution in [1.82, 2.24) is 0 Å². The molecule has 1 fully saturated rings. The van der Waals surface area contributed by atoms with E-state index in [2.05, 4.69) is 6.58 Å². The minimum Gasteiger partial charge on any atom is -0.549 e. The van der Waals surface area contributed by atoms with Gasteiger partial charge < -0.3 is 19.8 Å². The summed E-state index contributed by atoms with van der Waals surface area (Å²) in [5, 5.41) is 25.4. The van der Waals surface area contributed by atoms with Gasteiger partial charge in [0.1, 0.15) is 0 Å². The van der Waals surface area contributed by atoms with Crippen molar-refractivity contribution in [1.29, 1.82) is 0 Å². The molecular formula is C23H22O5-2. The third-order valence-corrected chi connectivity index (χ3v) is 5.98. The van der Waals surface area contributed by atoms with Crippen LogP contribution < -0.4 is 10.2 Å². The zero-order valence-electron chi connectivity index (χ0n) is 15.6. The summed E-state index contributed by atoms with van der Waals surface area (Å²) in [6.07, 6.45) is 3.05. The second-order valence-corrected chi connectivity index (χ2v) is 7.49. The highest BCUT2D eigenvalue weighted by Gasteiger charge is 2.45. The number of rotatable bonds is 7. The monoisotopic (exact) mass is 378 g/mol. The summed E-state index contributed by atoms with van der Waals surface area (Å²) in [5.41, 5.74) is -2.17. The number of Topliss-reactive ketones (excluding diaryl/α,β-unsaturated/α-hetero) is 1. The Bertz CT molecular complexity index is 934. The van der Waals surface area contributed by atoms with Crippen LogP contribution in [0.1, 0.15) is 48.9 Å². The van der Waals surface area contributed by atoms with Crippen molar-refractivity contribution in [3.63, 3.8) is 0 Å². The lowest BCUT2D eigenvalue weighted by molar-refractivity contribution is -0.324. The fourth-order valence-electron chi connectivity index (χ4n) is 4.45. The topological polar surface area (TPSA) is 97.3 Å². The Labute approximate surface area is 163 Å². The quantitative estimate of drug-likeness (QED) is 0.542. The molecule has 5 heteroatoms. The molecule has 0 saturated heterocycles. The number of benzene rings is 2. The molecule has 0 aromatic heterocycles. The van der Waals surface area contributed by atoms with Crippen LogP contribution in [0.4, 0.5) is 0 Å². The summed E-state index contributed by atoms with van der Waals surface area (Å²) in [5.74, 6) is -4.17. The molecule has 2 aromatic rings. The molecular weight excluding hydrogens is 356 g/mol. The average Bonchev–Trinajstić information content (AvgIpc) is 2.71. The Balaban J connectivity index is 2.07. The number of fused-ring (bicyclic) bond motifs is 1. The number of carbonyl (C=O) groups excluding carboxylic acids is 3. The number of aliphatic carboxylic acids is 2. The Morgan fingerprint density at radius 2 is 1.61 bits per heavy atom. The number of carbonyl (C=O) groups is 3. The smallest absolute Gasteiger partial charge is 0.164 e. The summed E-state index contributed by atoms with van der Waals surface area (Å²) in [6.45, 7) is 3.50. The van der Waals surface area contributed by atoms with E-state index in [1.165, 1.54) is 0 Å². The first-order valence-corrected chi connectivity index (χ1v) is 9.51. The number of hydrogen-bond donors (Lipinski definition) is 0. The standard InChI is InChI=1S/C23H24O5/c1-15(21(25)26)23(22(27)28,17-10-3-2-4-11-17)14-20(24)19-13-7-9-16-8-5-6-12-18(16)19/h5-9,12-13,17H,1-4,10-11,14H2,(H,25,26)(H,27,28)/p-2. The summed E-state index contributed by atoms with van der Waals surface area (Å²) < 4.78 is 0. The van der Waals surface area contributed by atoms with Crippen molar-refractivity contribution < 1.29 is 24.6 Å². The van der Waals surface area contributed by atoms with Crippen molar-refractivity contribution in [2.45, 2.75) is 38.5 Å². The Kier molecular flexibility index (Phi) is 5.63. The van der Waals surface area contributed by atoms with Gasteiger partial charge in [0.05, 0.1) is 11.9 Å². The molecule has 1 aliphatic carbocycles. The summed E-state index contributed by atoms with van der Waals surface area (Å²) in [6, 6.07) is 12.5. The van der Waals surface area contributed by atoms with Crippen LogP contribution in [0, 0.1) is 11.3 Å². The lowest BCUT2D eigenvalue weighted by Gasteiger charge is -2.45. The van der Waals surface area contributed by atoms with Crippen molar-refractivity contribution in [3.8, 4) is 0 Å². The van der Waals surface area contributed by atoms with E-state index in [1.54, 1.807) is 24.3 Å². The lowest BCUT2D eigenvalue weighted by atomic mass is 9.62. The predicted octanol–water partition coefficient (Wildman–Crippen LogP) is 2.04. The minimum atomic E-state index is -1.96. The first-order chi connectivity index (χ1) is 13.4.